The van der Waals surface area contributed by atoms with E-state index in [0.29, 0.717) is 6.08 Å². The highest BCUT2D eigenvalue weighted by molar-refractivity contribution is 5.94. The van der Waals surface area contributed by atoms with Crippen LogP contribution in [0.5, 0.6) is 5.75 Å². The molecule has 0 saturated carbocycles. The topological polar surface area (TPSA) is 69.6 Å². The summed E-state index contributed by atoms with van der Waals surface area (Å²) in [5, 5.41) is 20.4. The van der Waals surface area contributed by atoms with Gasteiger partial charge in [0.15, 0.2) is 17.4 Å². The van der Waals surface area contributed by atoms with Gasteiger partial charge in [0.05, 0.1) is 0 Å². The Morgan fingerprint density at radius 3 is 2.11 bits per heavy atom. The Morgan fingerprint density at radius 2 is 1.61 bits per heavy atom. The van der Waals surface area contributed by atoms with E-state index in [1.165, 1.54) is 7.05 Å². The van der Waals surface area contributed by atoms with Crippen molar-refractivity contribution in [2.24, 2.45) is 0 Å². The Morgan fingerprint density at radius 1 is 1.11 bits per heavy atom. The monoisotopic (exact) mass is 265 g/mol. The van der Waals surface area contributed by atoms with Crippen LogP contribution in [0.25, 0.3) is 5.76 Å². The number of rotatable bonds is 2. The summed E-state index contributed by atoms with van der Waals surface area (Å²) in [5.74, 6) is -12.3. The molecule has 18 heavy (non-hydrogen) atoms. The number of phenols is 1. The van der Waals surface area contributed by atoms with Crippen molar-refractivity contribution < 1.29 is 32.6 Å². The molecule has 1 amide bonds. The lowest BCUT2D eigenvalue weighted by atomic mass is 10.1. The average molecular weight is 265 g/mol. The number of phenolic OH excluding ortho intramolecular Hbond substituents is 1. The molecule has 0 saturated heterocycles. The fourth-order valence-corrected chi connectivity index (χ4v) is 1.12. The van der Waals surface area contributed by atoms with E-state index in [1.54, 1.807) is 0 Å². The maximum absolute atomic E-state index is 13.2. The molecule has 3 N–H and O–H groups in total. The van der Waals surface area contributed by atoms with Crippen molar-refractivity contribution in [3.8, 4) is 5.75 Å². The zero-order valence-corrected chi connectivity index (χ0v) is 8.89. The number of carbonyl (C=O) groups excluding carboxylic acids is 1. The van der Waals surface area contributed by atoms with Crippen LogP contribution in [-0.2, 0) is 4.79 Å². The molecule has 0 radical (unpaired) electrons. The molecule has 1 rings (SSSR count). The number of amides is 1. The lowest BCUT2D eigenvalue weighted by Crippen LogP contribution is -2.15. The molecule has 0 aliphatic carbocycles. The van der Waals surface area contributed by atoms with Crippen LogP contribution in [-0.4, -0.2) is 23.2 Å². The summed E-state index contributed by atoms with van der Waals surface area (Å²) in [6.45, 7) is 0. The summed E-state index contributed by atoms with van der Waals surface area (Å²) in [6.07, 6.45) is 0.370. The normalized spacial score (nSPS) is 11.5. The molecular weight excluding hydrogens is 258 g/mol. The zero-order valence-electron chi connectivity index (χ0n) is 8.89. The maximum atomic E-state index is 13.2. The highest BCUT2D eigenvalue weighted by Crippen LogP contribution is 2.33. The summed E-state index contributed by atoms with van der Waals surface area (Å²) < 4.78 is 51.7. The molecule has 0 unspecified atom stereocenters. The smallest absolute Gasteiger partial charge is 0.247 e. The molecule has 1 aromatic rings. The van der Waals surface area contributed by atoms with Gasteiger partial charge in [-0.15, -0.1) is 0 Å². The van der Waals surface area contributed by atoms with Gasteiger partial charge in [-0.1, -0.05) is 0 Å². The third-order valence-electron chi connectivity index (χ3n) is 2.01. The van der Waals surface area contributed by atoms with Gasteiger partial charge in [0.2, 0.25) is 17.5 Å². The summed E-state index contributed by atoms with van der Waals surface area (Å²) in [5.41, 5.74) is -1.34. The van der Waals surface area contributed by atoms with Gasteiger partial charge >= 0.3 is 0 Å². The summed E-state index contributed by atoms with van der Waals surface area (Å²) >= 11 is 0. The first-order chi connectivity index (χ1) is 8.31. The summed E-state index contributed by atoms with van der Waals surface area (Å²) in [6, 6.07) is 0. The molecule has 0 heterocycles. The van der Waals surface area contributed by atoms with Crippen molar-refractivity contribution in [3.63, 3.8) is 0 Å². The predicted molar refractivity (Wildman–Crippen MR) is 52.6 cm³/mol. The molecule has 0 aromatic heterocycles. The molecule has 0 aliphatic rings. The molecule has 0 spiro atoms. The van der Waals surface area contributed by atoms with E-state index in [4.69, 9.17) is 5.11 Å². The molecule has 0 atom stereocenters. The fraction of sp³-hybridized carbons (Fsp3) is 0.100. The fourth-order valence-electron chi connectivity index (χ4n) is 1.12. The van der Waals surface area contributed by atoms with Crippen molar-refractivity contribution in [3.05, 3.63) is 34.9 Å². The number of aromatic hydroxyl groups is 1. The van der Waals surface area contributed by atoms with Gasteiger partial charge in [-0.3, -0.25) is 4.79 Å². The maximum Gasteiger partial charge on any atom is 0.247 e. The Labute approximate surface area is 98.2 Å². The van der Waals surface area contributed by atoms with Crippen LogP contribution >= 0.6 is 0 Å². The standard InChI is InChI=1S/C10H7F4NO3/c1-15-4(17)2-3(16)5-6(11)7(12)8(13)9(14)10(5)18/h2,16,18H,1H3,(H,15,17). The van der Waals surface area contributed by atoms with E-state index in [9.17, 15) is 27.5 Å². The van der Waals surface area contributed by atoms with Gasteiger partial charge in [0, 0.05) is 13.1 Å². The summed E-state index contributed by atoms with van der Waals surface area (Å²) in [4.78, 5) is 10.8. The second-order valence-electron chi connectivity index (χ2n) is 3.12. The van der Waals surface area contributed by atoms with Crippen molar-refractivity contribution in [1.82, 2.24) is 5.32 Å². The minimum absolute atomic E-state index is 0.370. The van der Waals surface area contributed by atoms with Crippen LogP contribution < -0.4 is 5.32 Å². The largest absolute Gasteiger partial charge is 0.507 e. The first-order valence-corrected chi connectivity index (χ1v) is 4.48. The lowest BCUT2D eigenvalue weighted by molar-refractivity contribution is -0.116. The highest BCUT2D eigenvalue weighted by atomic mass is 19.2. The van der Waals surface area contributed by atoms with Gasteiger partial charge in [-0.25, -0.2) is 13.2 Å². The van der Waals surface area contributed by atoms with Gasteiger partial charge in [0.1, 0.15) is 11.3 Å². The van der Waals surface area contributed by atoms with Crippen LogP contribution in [0.2, 0.25) is 0 Å². The van der Waals surface area contributed by atoms with Gasteiger partial charge < -0.3 is 15.5 Å². The van der Waals surface area contributed by atoms with Crippen LogP contribution in [0.4, 0.5) is 17.6 Å². The molecule has 1 aromatic carbocycles. The van der Waals surface area contributed by atoms with Gasteiger partial charge in [-0.2, -0.15) is 4.39 Å². The Kier molecular flexibility index (Phi) is 3.79. The third kappa shape index (κ3) is 2.22. The third-order valence-corrected chi connectivity index (χ3v) is 2.01. The summed E-state index contributed by atoms with van der Waals surface area (Å²) in [7, 11) is 1.17. The number of halogens is 4. The number of benzene rings is 1. The van der Waals surface area contributed by atoms with E-state index in [-0.39, 0.29) is 0 Å². The second-order valence-corrected chi connectivity index (χ2v) is 3.12. The van der Waals surface area contributed by atoms with E-state index < -0.39 is 46.2 Å². The minimum Gasteiger partial charge on any atom is -0.507 e. The van der Waals surface area contributed by atoms with Gasteiger partial charge in [0.25, 0.3) is 0 Å². The highest BCUT2D eigenvalue weighted by Gasteiger charge is 2.27. The molecule has 0 fully saturated rings. The molecule has 0 aliphatic heterocycles. The van der Waals surface area contributed by atoms with E-state index in [0.717, 1.165) is 0 Å². The minimum atomic E-state index is -2.22. The predicted octanol–water partition coefficient (Wildman–Crippen LogP) is 1.59. The quantitative estimate of drug-likeness (QED) is 0.250. The molecule has 8 heteroatoms. The van der Waals surface area contributed by atoms with Crippen LogP contribution in [0.1, 0.15) is 5.56 Å². The Hall–Kier alpha value is -2.25. The number of aliphatic hydroxyl groups is 1. The molecular formula is C10H7F4NO3. The molecule has 98 valence electrons. The average Bonchev–Trinajstić information content (AvgIpc) is 2.34. The number of carbonyl (C=O) groups is 1. The lowest BCUT2D eigenvalue weighted by Gasteiger charge is -2.08. The van der Waals surface area contributed by atoms with E-state index in [2.05, 4.69) is 0 Å². The number of hydrogen-bond donors (Lipinski definition) is 3. The first-order valence-electron chi connectivity index (χ1n) is 4.48. The molecule has 4 nitrogen and oxygen atoms in total. The Balaban J connectivity index is 3.51. The number of nitrogens with one attached hydrogen (secondary N) is 1. The van der Waals surface area contributed by atoms with Crippen molar-refractivity contribution in [1.29, 1.82) is 0 Å². The van der Waals surface area contributed by atoms with Crippen LogP contribution in [0, 0.1) is 23.3 Å². The number of hydrogen-bond acceptors (Lipinski definition) is 3. The van der Waals surface area contributed by atoms with Crippen molar-refractivity contribution in [2.75, 3.05) is 7.05 Å². The second kappa shape index (κ2) is 4.94. The molecule has 0 bridgehead atoms. The zero-order chi connectivity index (χ0) is 14.0. The van der Waals surface area contributed by atoms with E-state index in [1.807, 2.05) is 5.32 Å². The van der Waals surface area contributed by atoms with Gasteiger partial charge in [-0.05, 0) is 0 Å². The number of likely N-dealkylation sites (N-methyl/N-ethyl adjacent to an activating group) is 1. The Bertz CT molecular complexity index is 513. The van der Waals surface area contributed by atoms with Crippen molar-refractivity contribution >= 4 is 11.7 Å². The van der Waals surface area contributed by atoms with Crippen molar-refractivity contribution in [2.45, 2.75) is 0 Å². The van der Waals surface area contributed by atoms with Crippen LogP contribution in [0.15, 0.2) is 6.08 Å². The van der Waals surface area contributed by atoms with Crippen LogP contribution in [0.3, 0.4) is 0 Å². The number of aliphatic hydroxyl groups excluding tert-OH is 1. The van der Waals surface area contributed by atoms with E-state index >= 15 is 0 Å². The SMILES string of the molecule is CNC(=O)C=C(O)c1c(O)c(F)c(F)c(F)c1F. The first kappa shape index (κ1) is 13.8.